The van der Waals surface area contributed by atoms with Gasteiger partial charge < -0.3 is 14.6 Å². The van der Waals surface area contributed by atoms with Crippen LogP contribution in [0.1, 0.15) is 23.0 Å². The molecular formula is C12H13NO5. The first-order chi connectivity index (χ1) is 8.58. The zero-order valence-corrected chi connectivity index (χ0v) is 10.0. The number of aromatic nitrogens is 1. The van der Waals surface area contributed by atoms with Gasteiger partial charge in [0.2, 0.25) is 5.88 Å². The third kappa shape index (κ3) is 3.58. The summed E-state index contributed by atoms with van der Waals surface area (Å²) in [5.41, 5.74) is 0.371. The van der Waals surface area contributed by atoms with E-state index in [0.29, 0.717) is 5.69 Å². The van der Waals surface area contributed by atoms with Crippen molar-refractivity contribution in [2.75, 3.05) is 13.7 Å². The highest BCUT2D eigenvalue weighted by atomic mass is 16.5. The van der Waals surface area contributed by atoms with Crippen molar-refractivity contribution >= 4 is 18.0 Å². The van der Waals surface area contributed by atoms with Crippen molar-refractivity contribution in [2.45, 2.75) is 6.92 Å². The predicted octanol–water partition coefficient (Wildman–Crippen LogP) is 1.36. The van der Waals surface area contributed by atoms with Crippen LogP contribution in [-0.2, 0) is 9.53 Å². The molecule has 0 saturated heterocycles. The Labute approximate surface area is 104 Å². The molecule has 0 fully saturated rings. The molecule has 18 heavy (non-hydrogen) atoms. The third-order valence-corrected chi connectivity index (χ3v) is 1.98. The van der Waals surface area contributed by atoms with Crippen molar-refractivity contribution in [1.29, 1.82) is 0 Å². The zero-order valence-electron chi connectivity index (χ0n) is 10.0. The van der Waals surface area contributed by atoms with E-state index >= 15 is 0 Å². The summed E-state index contributed by atoms with van der Waals surface area (Å²) in [6.45, 7) is 1.99. The Balaban J connectivity index is 2.92. The Hall–Kier alpha value is -2.37. The second kappa shape index (κ2) is 6.39. The van der Waals surface area contributed by atoms with Crippen LogP contribution in [0.15, 0.2) is 18.2 Å². The summed E-state index contributed by atoms with van der Waals surface area (Å²) in [6.07, 6.45) is 2.64. The van der Waals surface area contributed by atoms with E-state index in [1.165, 1.54) is 31.4 Å². The molecule has 0 aromatic carbocycles. The summed E-state index contributed by atoms with van der Waals surface area (Å²) in [7, 11) is 1.33. The zero-order chi connectivity index (χ0) is 13.5. The lowest BCUT2D eigenvalue weighted by molar-refractivity contribution is -0.137. The molecule has 6 nitrogen and oxygen atoms in total. The van der Waals surface area contributed by atoms with Crippen LogP contribution in [0.3, 0.4) is 0 Å². The Kier molecular flexibility index (Phi) is 4.86. The van der Waals surface area contributed by atoms with Gasteiger partial charge in [-0.3, -0.25) is 0 Å². The number of carboxylic acids is 1. The molecule has 1 rings (SSSR count). The van der Waals surface area contributed by atoms with Crippen molar-refractivity contribution in [1.82, 2.24) is 4.98 Å². The van der Waals surface area contributed by atoms with Gasteiger partial charge in [-0.2, -0.15) is 0 Å². The van der Waals surface area contributed by atoms with Crippen LogP contribution < -0.4 is 4.74 Å². The van der Waals surface area contributed by atoms with Crippen LogP contribution in [0.2, 0.25) is 0 Å². The molecule has 1 aromatic heterocycles. The van der Waals surface area contributed by atoms with Crippen LogP contribution >= 0.6 is 0 Å². The van der Waals surface area contributed by atoms with E-state index < -0.39 is 11.9 Å². The Bertz CT molecular complexity index is 481. The molecule has 1 aromatic rings. The molecule has 0 amide bonds. The summed E-state index contributed by atoms with van der Waals surface area (Å²) in [5, 5.41) is 8.86. The number of carbonyl (C=O) groups excluding carboxylic acids is 1. The van der Waals surface area contributed by atoms with Gasteiger partial charge in [0.15, 0.2) is 0 Å². The number of hydrogen-bond donors (Lipinski definition) is 1. The van der Waals surface area contributed by atoms with E-state index in [0.717, 1.165) is 0 Å². The highest BCUT2D eigenvalue weighted by molar-refractivity contribution is 5.91. The average molecular weight is 251 g/mol. The first-order valence-corrected chi connectivity index (χ1v) is 5.21. The molecule has 1 heterocycles. The molecular weight excluding hydrogens is 238 g/mol. The van der Waals surface area contributed by atoms with Crippen molar-refractivity contribution in [3.63, 3.8) is 0 Å². The van der Waals surface area contributed by atoms with E-state index in [4.69, 9.17) is 14.6 Å². The van der Waals surface area contributed by atoms with Gasteiger partial charge >= 0.3 is 11.9 Å². The minimum atomic E-state index is -1.12. The number of esters is 1. The van der Waals surface area contributed by atoms with Gasteiger partial charge in [0, 0.05) is 6.08 Å². The molecule has 0 aliphatic heterocycles. The van der Waals surface area contributed by atoms with E-state index in [2.05, 4.69) is 4.98 Å². The molecule has 0 bridgehead atoms. The van der Waals surface area contributed by atoms with Crippen molar-refractivity contribution in [3.05, 3.63) is 29.5 Å². The van der Waals surface area contributed by atoms with Crippen molar-refractivity contribution in [3.8, 4) is 5.88 Å². The second-order valence-electron chi connectivity index (χ2n) is 3.18. The first kappa shape index (κ1) is 13.7. The number of carbonyl (C=O) groups is 2. The quantitative estimate of drug-likeness (QED) is 0.628. The maximum absolute atomic E-state index is 11.1. The topological polar surface area (TPSA) is 85.7 Å². The SMILES string of the molecule is CCOC(=O)/C=C/c1ccc(C(=O)O)c(OC)n1. The lowest BCUT2D eigenvalue weighted by Crippen LogP contribution is -2.03. The van der Waals surface area contributed by atoms with Gasteiger partial charge in [0.25, 0.3) is 0 Å². The van der Waals surface area contributed by atoms with Gasteiger partial charge in [-0.15, -0.1) is 0 Å². The number of carboxylic acid groups (broad SMARTS) is 1. The number of hydrogen-bond acceptors (Lipinski definition) is 5. The minimum absolute atomic E-state index is 0.00601. The van der Waals surface area contributed by atoms with Gasteiger partial charge in [-0.05, 0) is 25.1 Å². The van der Waals surface area contributed by atoms with E-state index in [1.807, 2.05) is 0 Å². The van der Waals surface area contributed by atoms with Gasteiger partial charge in [0.05, 0.1) is 19.4 Å². The number of methoxy groups -OCH3 is 1. The third-order valence-electron chi connectivity index (χ3n) is 1.98. The number of aromatic carboxylic acids is 1. The Morgan fingerprint density at radius 1 is 1.44 bits per heavy atom. The summed E-state index contributed by atoms with van der Waals surface area (Å²) in [4.78, 5) is 25.9. The molecule has 96 valence electrons. The summed E-state index contributed by atoms with van der Waals surface area (Å²) in [5.74, 6) is -1.62. The highest BCUT2D eigenvalue weighted by Gasteiger charge is 2.12. The average Bonchev–Trinajstić information content (AvgIpc) is 2.36. The predicted molar refractivity (Wildman–Crippen MR) is 63.4 cm³/mol. The molecule has 0 unspecified atom stereocenters. The number of rotatable bonds is 5. The lowest BCUT2D eigenvalue weighted by Gasteiger charge is -2.04. The normalized spacial score (nSPS) is 10.3. The van der Waals surface area contributed by atoms with Crippen molar-refractivity contribution < 1.29 is 24.2 Å². The molecule has 1 N–H and O–H groups in total. The van der Waals surface area contributed by atoms with Gasteiger partial charge in [-0.25, -0.2) is 14.6 Å². The Morgan fingerprint density at radius 2 is 2.17 bits per heavy atom. The maximum Gasteiger partial charge on any atom is 0.341 e. The minimum Gasteiger partial charge on any atom is -0.480 e. The molecule has 0 spiro atoms. The summed E-state index contributed by atoms with van der Waals surface area (Å²) >= 11 is 0. The highest BCUT2D eigenvalue weighted by Crippen LogP contribution is 2.16. The molecule has 6 heteroatoms. The van der Waals surface area contributed by atoms with E-state index in [9.17, 15) is 9.59 Å². The van der Waals surface area contributed by atoms with Crippen LogP contribution in [0.4, 0.5) is 0 Å². The number of ether oxygens (including phenoxy) is 2. The van der Waals surface area contributed by atoms with Crippen LogP contribution in [0.5, 0.6) is 5.88 Å². The fraction of sp³-hybridized carbons (Fsp3) is 0.250. The number of pyridine rings is 1. The second-order valence-corrected chi connectivity index (χ2v) is 3.18. The molecule has 0 aliphatic rings. The first-order valence-electron chi connectivity index (χ1n) is 5.21. The maximum atomic E-state index is 11.1. The van der Waals surface area contributed by atoms with Gasteiger partial charge in [-0.1, -0.05) is 0 Å². The monoisotopic (exact) mass is 251 g/mol. The summed E-state index contributed by atoms with van der Waals surface area (Å²) < 4.78 is 9.56. The molecule has 0 radical (unpaired) electrons. The van der Waals surface area contributed by atoms with Crippen molar-refractivity contribution in [2.24, 2.45) is 0 Å². The number of nitrogens with zero attached hydrogens (tertiary/aromatic N) is 1. The standard InChI is InChI=1S/C12H13NO5/c1-3-18-10(14)7-5-8-4-6-9(12(15)16)11(13-8)17-2/h4-7H,3H2,1-2H3,(H,15,16)/b7-5+. The van der Waals surface area contributed by atoms with Gasteiger partial charge in [0.1, 0.15) is 5.56 Å². The van der Waals surface area contributed by atoms with Crippen LogP contribution in [0.25, 0.3) is 6.08 Å². The van der Waals surface area contributed by atoms with Crippen LogP contribution in [-0.4, -0.2) is 35.7 Å². The molecule has 0 aliphatic carbocycles. The largest absolute Gasteiger partial charge is 0.480 e. The van der Waals surface area contributed by atoms with E-state index in [1.54, 1.807) is 6.92 Å². The molecule has 0 atom stereocenters. The lowest BCUT2D eigenvalue weighted by atomic mass is 10.2. The van der Waals surface area contributed by atoms with E-state index in [-0.39, 0.29) is 18.1 Å². The summed E-state index contributed by atoms with van der Waals surface area (Å²) in [6, 6.07) is 2.83. The molecule has 0 saturated carbocycles. The smallest absolute Gasteiger partial charge is 0.341 e. The Morgan fingerprint density at radius 3 is 2.72 bits per heavy atom. The fourth-order valence-electron chi connectivity index (χ4n) is 1.21. The fourth-order valence-corrected chi connectivity index (χ4v) is 1.21. The van der Waals surface area contributed by atoms with Crippen LogP contribution in [0, 0.1) is 0 Å².